The Labute approximate surface area is 124 Å². The van der Waals surface area contributed by atoms with Crippen LogP contribution in [0.15, 0.2) is 28.7 Å². The lowest BCUT2D eigenvalue weighted by Crippen LogP contribution is -2.47. The van der Waals surface area contributed by atoms with Crippen molar-refractivity contribution >= 4 is 33.6 Å². The van der Waals surface area contributed by atoms with Crippen LogP contribution in [0.4, 0.5) is 10.5 Å². The molecule has 0 bridgehead atoms. The van der Waals surface area contributed by atoms with Crippen LogP contribution in [0.2, 0.25) is 0 Å². The van der Waals surface area contributed by atoms with Crippen molar-refractivity contribution in [2.45, 2.75) is 12.5 Å². The van der Waals surface area contributed by atoms with Crippen LogP contribution in [-0.4, -0.2) is 36.4 Å². The highest BCUT2D eigenvalue weighted by Gasteiger charge is 2.32. The second-order valence-electron chi connectivity index (χ2n) is 4.54. The summed E-state index contributed by atoms with van der Waals surface area (Å²) < 4.78 is 6.06. The number of ether oxygens (including phenoxy) is 1. The fourth-order valence-electron chi connectivity index (χ4n) is 2.04. The molecule has 2 amide bonds. The molecular formula is C13H15BrN2O4. The summed E-state index contributed by atoms with van der Waals surface area (Å²) in [6.07, 6.45) is 0.634. The summed E-state index contributed by atoms with van der Waals surface area (Å²) in [5.74, 6) is -1.24. The van der Waals surface area contributed by atoms with Gasteiger partial charge < -0.3 is 20.5 Å². The third kappa shape index (κ3) is 3.94. The zero-order chi connectivity index (χ0) is 14.5. The van der Waals surface area contributed by atoms with E-state index in [1.807, 2.05) is 0 Å². The molecule has 0 radical (unpaired) electrons. The zero-order valence-electron chi connectivity index (χ0n) is 10.6. The Morgan fingerprint density at radius 3 is 2.60 bits per heavy atom. The lowest BCUT2D eigenvalue weighted by Gasteiger charge is -2.19. The van der Waals surface area contributed by atoms with Crippen LogP contribution in [0.3, 0.4) is 0 Å². The van der Waals surface area contributed by atoms with Gasteiger partial charge in [0.1, 0.15) is 6.04 Å². The molecule has 1 heterocycles. The van der Waals surface area contributed by atoms with Crippen molar-refractivity contribution in [3.05, 3.63) is 28.7 Å². The van der Waals surface area contributed by atoms with E-state index in [0.717, 1.165) is 4.47 Å². The summed E-state index contributed by atoms with van der Waals surface area (Å²) >= 11 is 3.30. The summed E-state index contributed by atoms with van der Waals surface area (Å²) in [7, 11) is 0. The Hall–Kier alpha value is -1.60. The molecule has 0 unspecified atom stereocenters. The van der Waals surface area contributed by atoms with Gasteiger partial charge in [0.15, 0.2) is 0 Å². The molecular weight excluding hydrogens is 328 g/mol. The standard InChI is InChI=1S/C13H15BrN2O4/c14-9-1-3-10(4-2-9)15-13(19)16-11(12(17)18)8-5-6-20-7-8/h1-4,8,11H,5-7H2,(H,17,18)(H2,15,16,19)/t8-,11+/m1/s1. The van der Waals surface area contributed by atoms with Crippen LogP contribution < -0.4 is 10.6 Å². The van der Waals surface area contributed by atoms with Crippen molar-refractivity contribution in [1.29, 1.82) is 0 Å². The summed E-state index contributed by atoms with van der Waals surface area (Å²) in [5, 5.41) is 14.3. The Morgan fingerprint density at radius 1 is 1.35 bits per heavy atom. The Kier molecular flexibility index (Phi) is 4.97. The average Bonchev–Trinajstić information content (AvgIpc) is 2.92. The van der Waals surface area contributed by atoms with Gasteiger partial charge in [-0.05, 0) is 30.7 Å². The molecule has 2 atom stereocenters. The minimum absolute atomic E-state index is 0.192. The Bertz CT molecular complexity index is 486. The number of carboxylic acid groups (broad SMARTS) is 1. The number of nitrogens with one attached hydrogen (secondary N) is 2. The summed E-state index contributed by atoms with van der Waals surface area (Å²) in [6, 6.07) is 5.54. The Morgan fingerprint density at radius 2 is 2.05 bits per heavy atom. The predicted molar refractivity (Wildman–Crippen MR) is 76.6 cm³/mol. The fourth-order valence-corrected chi connectivity index (χ4v) is 2.30. The van der Waals surface area contributed by atoms with Crippen LogP contribution in [0, 0.1) is 5.92 Å². The van der Waals surface area contributed by atoms with Crippen molar-refractivity contribution in [3.8, 4) is 0 Å². The van der Waals surface area contributed by atoms with E-state index in [0.29, 0.717) is 25.3 Å². The molecule has 0 aliphatic carbocycles. The largest absolute Gasteiger partial charge is 0.480 e. The lowest BCUT2D eigenvalue weighted by molar-refractivity contribution is -0.140. The van der Waals surface area contributed by atoms with E-state index < -0.39 is 18.0 Å². The van der Waals surface area contributed by atoms with Crippen LogP contribution in [0.25, 0.3) is 0 Å². The van der Waals surface area contributed by atoms with Crippen LogP contribution in [0.1, 0.15) is 6.42 Å². The monoisotopic (exact) mass is 342 g/mol. The number of halogens is 1. The molecule has 0 aromatic heterocycles. The molecule has 1 saturated heterocycles. The van der Waals surface area contributed by atoms with Gasteiger partial charge in [-0.25, -0.2) is 9.59 Å². The van der Waals surface area contributed by atoms with Crippen LogP contribution in [-0.2, 0) is 9.53 Å². The van der Waals surface area contributed by atoms with Gasteiger partial charge in [0.2, 0.25) is 0 Å². The van der Waals surface area contributed by atoms with E-state index >= 15 is 0 Å². The molecule has 0 saturated carbocycles. The molecule has 0 spiro atoms. The van der Waals surface area contributed by atoms with Gasteiger partial charge in [-0.3, -0.25) is 0 Å². The minimum Gasteiger partial charge on any atom is -0.480 e. The number of rotatable bonds is 4. The number of carboxylic acids is 1. The van der Waals surface area contributed by atoms with Gasteiger partial charge in [-0.2, -0.15) is 0 Å². The first kappa shape index (κ1) is 14.8. The molecule has 20 heavy (non-hydrogen) atoms. The third-order valence-corrected chi connectivity index (χ3v) is 3.62. The van der Waals surface area contributed by atoms with E-state index in [-0.39, 0.29) is 5.92 Å². The van der Waals surface area contributed by atoms with E-state index in [4.69, 9.17) is 4.74 Å². The van der Waals surface area contributed by atoms with Crippen molar-refractivity contribution in [2.75, 3.05) is 18.5 Å². The Balaban J connectivity index is 1.94. The van der Waals surface area contributed by atoms with Crippen molar-refractivity contribution < 1.29 is 19.4 Å². The molecule has 6 nitrogen and oxygen atoms in total. The topological polar surface area (TPSA) is 87.7 Å². The van der Waals surface area contributed by atoms with Crippen LogP contribution >= 0.6 is 15.9 Å². The number of hydrogen-bond acceptors (Lipinski definition) is 3. The molecule has 1 aromatic rings. The second kappa shape index (κ2) is 6.71. The van der Waals surface area contributed by atoms with Gasteiger partial charge in [0.25, 0.3) is 0 Å². The maximum atomic E-state index is 11.8. The molecule has 1 aliphatic heterocycles. The summed E-state index contributed by atoms with van der Waals surface area (Å²) in [4.78, 5) is 23.0. The SMILES string of the molecule is O=C(Nc1ccc(Br)cc1)N[C@H](C(=O)O)[C@@H]1CCOC1. The van der Waals surface area contributed by atoms with Gasteiger partial charge in [0, 0.05) is 22.7 Å². The number of urea groups is 1. The molecule has 2 rings (SSSR count). The van der Waals surface area contributed by atoms with E-state index in [2.05, 4.69) is 26.6 Å². The zero-order valence-corrected chi connectivity index (χ0v) is 12.2. The molecule has 3 N–H and O–H groups in total. The quantitative estimate of drug-likeness (QED) is 0.781. The van der Waals surface area contributed by atoms with Crippen LogP contribution in [0.5, 0.6) is 0 Å². The predicted octanol–water partition coefficient (Wildman–Crippen LogP) is 2.06. The van der Waals surface area contributed by atoms with Crippen molar-refractivity contribution in [2.24, 2.45) is 5.92 Å². The van der Waals surface area contributed by atoms with E-state index in [9.17, 15) is 14.7 Å². The van der Waals surface area contributed by atoms with E-state index in [1.165, 1.54) is 0 Å². The number of amides is 2. The van der Waals surface area contributed by atoms with Gasteiger partial charge >= 0.3 is 12.0 Å². The number of hydrogen-bond donors (Lipinski definition) is 3. The van der Waals surface area contributed by atoms with Crippen molar-refractivity contribution in [1.82, 2.24) is 5.32 Å². The molecule has 1 fully saturated rings. The highest BCUT2D eigenvalue weighted by molar-refractivity contribution is 9.10. The fraction of sp³-hybridized carbons (Fsp3) is 0.385. The number of anilines is 1. The van der Waals surface area contributed by atoms with E-state index in [1.54, 1.807) is 24.3 Å². The molecule has 1 aromatic carbocycles. The summed E-state index contributed by atoms with van der Waals surface area (Å²) in [6.45, 7) is 0.889. The normalized spacial score (nSPS) is 19.4. The molecule has 7 heteroatoms. The van der Waals surface area contributed by atoms with Gasteiger partial charge in [-0.1, -0.05) is 15.9 Å². The smallest absolute Gasteiger partial charge is 0.326 e. The highest BCUT2D eigenvalue weighted by atomic mass is 79.9. The third-order valence-electron chi connectivity index (χ3n) is 3.09. The number of carbonyl (C=O) groups excluding carboxylic acids is 1. The first-order valence-corrected chi connectivity index (χ1v) is 6.99. The maximum absolute atomic E-state index is 11.8. The molecule has 1 aliphatic rings. The number of carbonyl (C=O) groups is 2. The number of benzene rings is 1. The average molecular weight is 343 g/mol. The first-order chi connectivity index (χ1) is 9.56. The lowest BCUT2D eigenvalue weighted by atomic mass is 9.99. The number of aliphatic carboxylic acids is 1. The van der Waals surface area contributed by atoms with Gasteiger partial charge in [-0.15, -0.1) is 0 Å². The van der Waals surface area contributed by atoms with Crippen molar-refractivity contribution in [3.63, 3.8) is 0 Å². The highest BCUT2D eigenvalue weighted by Crippen LogP contribution is 2.18. The van der Waals surface area contributed by atoms with Gasteiger partial charge in [0.05, 0.1) is 6.61 Å². The second-order valence-corrected chi connectivity index (χ2v) is 5.46. The minimum atomic E-state index is -1.05. The maximum Gasteiger partial charge on any atom is 0.326 e. The molecule has 108 valence electrons. The summed E-state index contributed by atoms with van der Waals surface area (Å²) in [5.41, 5.74) is 0.595. The first-order valence-electron chi connectivity index (χ1n) is 6.20.